The Bertz CT molecular complexity index is 911. The molecule has 0 unspecified atom stereocenters. The Kier molecular flexibility index (Phi) is 6.18. The minimum Gasteiger partial charge on any atom is -0.492 e. The fraction of sp³-hybridized carbons (Fsp3) is 0.350. The van der Waals surface area contributed by atoms with Gasteiger partial charge in [-0.3, -0.25) is 4.90 Å². The average Bonchev–Trinajstić information content (AvgIpc) is 3.29. The van der Waals surface area contributed by atoms with Gasteiger partial charge in [0.25, 0.3) is 0 Å². The van der Waals surface area contributed by atoms with Gasteiger partial charge in [-0.25, -0.2) is 4.68 Å². The molecule has 1 aromatic carbocycles. The molecule has 2 aromatic heterocycles. The van der Waals surface area contributed by atoms with Crippen molar-refractivity contribution >= 4 is 11.8 Å². The standard InChI is InChI=1S/C20H25N7O2/c21-20-24-18(14-19(25-20)27-7-3-6-23-27)22-15-16-4-1-2-5-17(16)29-13-10-26-8-11-28-12-9-26/h1-7,14H,8-13,15H2,(H3,21,22,24,25). The maximum atomic E-state index is 6.04. The van der Waals surface area contributed by atoms with Crippen molar-refractivity contribution in [3.63, 3.8) is 0 Å². The second-order valence-corrected chi connectivity index (χ2v) is 6.68. The van der Waals surface area contributed by atoms with E-state index in [1.54, 1.807) is 10.9 Å². The van der Waals surface area contributed by atoms with E-state index < -0.39 is 0 Å². The van der Waals surface area contributed by atoms with E-state index in [1.807, 2.05) is 42.6 Å². The highest BCUT2D eigenvalue weighted by atomic mass is 16.5. The van der Waals surface area contributed by atoms with Gasteiger partial charge >= 0.3 is 0 Å². The number of hydrogen-bond acceptors (Lipinski definition) is 8. The Labute approximate surface area is 169 Å². The summed E-state index contributed by atoms with van der Waals surface area (Å²) in [6.45, 7) is 5.59. The van der Waals surface area contributed by atoms with Crippen LogP contribution in [0.3, 0.4) is 0 Å². The van der Waals surface area contributed by atoms with Crippen LogP contribution in [-0.2, 0) is 11.3 Å². The first-order valence-corrected chi connectivity index (χ1v) is 9.67. The van der Waals surface area contributed by atoms with Crippen LogP contribution in [0.2, 0.25) is 0 Å². The highest BCUT2D eigenvalue weighted by Gasteiger charge is 2.11. The number of nitrogen functional groups attached to an aromatic ring is 1. The molecule has 0 radical (unpaired) electrons. The van der Waals surface area contributed by atoms with Gasteiger partial charge in [0.05, 0.1) is 13.2 Å². The van der Waals surface area contributed by atoms with Crippen molar-refractivity contribution < 1.29 is 9.47 Å². The predicted octanol–water partition coefficient (Wildman–Crippen LogP) is 1.57. The van der Waals surface area contributed by atoms with Crippen LogP contribution in [0.5, 0.6) is 5.75 Å². The number of nitrogens with two attached hydrogens (primary N) is 1. The van der Waals surface area contributed by atoms with Crippen molar-refractivity contribution in [3.05, 3.63) is 54.4 Å². The molecular weight excluding hydrogens is 370 g/mol. The third kappa shape index (κ3) is 5.21. The smallest absolute Gasteiger partial charge is 0.224 e. The summed E-state index contributed by atoms with van der Waals surface area (Å²) in [6.07, 6.45) is 3.50. The van der Waals surface area contributed by atoms with Crippen molar-refractivity contribution in [2.45, 2.75) is 6.54 Å². The van der Waals surface area contributed by atoms with Crippen LogP contribution < -0.4 is 15.8 Å². The number of para-hydroxylation sites is 1. The van der Waals surface area contributed by atoms with Crippen molar-refractivity contribution in [3.8, 4) is 11.6 Å². The number of hydrogen-bond donors (Lipinski definition) is 2. The lowest BCUT2D eigenvalue weighted by Gasteiger charge is -2.26. The molecule has 0 bridgehead atoms. The van der Waals surface area contributed by atoms with Crippen LogP contribution in [0.15, 0.2) is 48.8 Å². The Morgan fingerprint density at radius 2 is 2.00 bits per heavy atom. The summed E-state index contributed by atoms with van der Waals surface area (Å²) in [4.78, 5) is 10.8. The zero-order chi connectivity index (χ0) is 19.9. The molecule has 0 atom stereocenters. The van der Waals surface area contributed by atoms with Crippen LogP contribution in [0.1, 0.15) is 5.56 Å². The molecule has 1 saturated heterocycles. The quantitative estimate of drug-likeness (QED) is 0.592. The van der Waals surface area contributed by atoms with Crippen molar-refractivity contribution in [1.29, 1.82) is 0 Å². The molecule has 1 fully saturated rings. The molecule has 3 aromatic rings. The second kappa shape index (κ2) is 9.35. The lowest BCUT2D eigenvalue weighted by molar-refractivity contribution is 0.0322. The van der Waals surface area contributed by atoms with Crippen LogP contribution >= 0.6 is 0 Å². The van der Waals surface area contributed by atoms with E-state index >= 15 is 0 Å². The molecule has 0 amide bonds. The van der Waals surface area contributed by atoms with Gasteiger partial charge < -0.3 is 20.5 Å². The summed E-state index contributed by atoms with van der Waals surface area (Å²) in [5, 5.41) is 7.49. The Morgan fingerprint density at radius 3 is 2.83 bits per heavy atom. The number of aromatic nitrogens is 4. The first-order valence-electron chi connectivity index (χ1n) is 9.67. The lowest BCUT2D eigenvalue weighted by Crippen LogP contribution is -2.38. The average molecular weight is 395 g/mol. The summed E-state index contributed by atoms with van der Waals surface area (Å²) in [5.74, 6) is 2.30. The van der Waals surface area contributed by atoms with E-state index in [9.17, 15) is 0 Å². The zero-order valence-electron chi connectivity index (χ0n) is 16.2. The van der Waals surface area contributed by atoms with Gasteiger partial charge in [-0.1, -0.05) is 18.2 Å². The van der Waals surface area contributed by atoms with Gasteiger partial charge in [0, 0.05) is 50.2 Å². The Hall–Kier alpha value is -3.17. The van der Waals surface area contributed by atoms with E-state index in [2.05, 4.69) is 25.3 Å². The van der Waals surface area contributed by atoms with Gasteiger partial charge in [0.2, 0.25) is 5.95 Å². The molecule has 3 N–H and O–H groups in total. The third-order valence-electron chi connectivity index (χ3n) is 4.67. The maximum absolute atomic E-state index is 6.04. The van der Waals surface area contributed by atoms with Gasteiger partial charge in [-0.15, -0.1) is 0 Å². The fourth-order valence-corrected chi connectivity index (χ4v) is 3.15. The van der Waals surface area contributed by atoms with Crippen molar-refractivity contribution in [2.24, 2.45) is 0 Å². The molecular formula is C20H25N7O2. The van der Waals surface area contributed by atoms with Crippen LogP contribution in [0.4, 0.5) is 11.8 Å². The molecule has 3 heterocycles. The molecule has 152 valence electrons. The van der Waals surface area contributed by atoms with Gasteiger partial charge in [-0.05, 0) is 12.1 Å². The van der Waals surface area contributed by atoms with Gasteiger partial charge in [0.15, 0.2) is 5.82 Å². The molecule has 9 heteroatoms. The number of morpholine rings is 1. The topological polar surface area (TPSA) is 103 Å². The lowest BCUT2D eigenvalue weighted by atomic mass is 10.2. The normalized spacial score (nSPS) is 14.6. The van der Waals surface area contributed by atoms with E-state index in [4.69, 9.17) is 15.2 Å². The summed E-state index contributed by atoms with van der Waals surface area (Å²) < 4.78 is 13.1. The molecule has 4 rings (SSSR count). The minimum absolute atomic E-state index is 0.190. The van der Waals surface area contributed by atoms with E-state index in [0.717, 1.165) is 44.2 Å². The Balaban J connectivity index is 1.37. The highest BCUT2D eigenvalue weighted by Crippen LogP contribution is 2.20. The highest BCUT2D eigenvalue weighted by molar-refractivity contribution is 5.47. The Morgan fingerprint density at radius 1 is 1.14 bits per heavy atom. The molecule has 0 saturated carbocycles. The molecule has 0 spiro atoms. The van der Waals surface area contributed by atoms with Crippen LogP contribution in [-0.4, -0.2) is 64.1 Å². The maximum Gasteiger partial charge on any atom is 0.224 e. The van der Waals surface area contributed by atoms with Gasteiger partial charge in [-0.2, -0.15) is 15.1 Å². The molecule has 0 aliphatic carbocycles. The van der Waals surface area contributed by atoms with Crippen molar-refractivity contribution in [2.75, 3.05) is 50.5 Å². The first kappa shape index (κ1) is 19.2. The third-order valence-corrected chi connectivity index (χ3v) is 4.67. The predicted molar refractivity (Wildman–Crippen MR) is 110 cm³/mol. The summed E-state index contributed by atoms with van der Waals surface area (Å²) in [6, 6.07) is 11.6. The number of rotatable bonds is 8. The summed E-state index contributed by atoms with van der Waals surface area (Å²) in [5.41, 5.74) is 6.91. The number of nitrogens with one attached hydrogen (secondary N) is 1. The van der Waals surface area contributed by atoms with E-state index in [0.29, 0.717) is 24.8 Å². The fourth-order valence-electron chi connectivity index (χ4n) is 3.15. The number of anilines is 2. The first-order chi connectivity index (χ1) is 14.3. The van der Waals surface area contributed by atoms with E-state index in [1.165, 1.54) is 0 Å². The number of nitrogens with zero attached hydrogens (tertiary/aromatic N) is 5. The molecule has 1 aliphatic rings. The van der Waals surface area contributed by atoms with Crippen LogP contribution in [0.25, 0.3) is 5.82 Å². The second-order valence-electron chi connectivity index (χ2n) is 6.68. The monoisotopic (exact) mass is 395 g/mol. The largest absolute Gasteiger partial charge is 0.492 e. The van der Waals surface area contributed by atoms with Crippen LogP contribution in [0, 0.1) is 0 Å². The summed E-state index contributed by atoms with van der Waals surface area (Å²) in [7, 11) is 0. The molecule has 1 aliphatic heterocycles. The van der Waals surface area contributed by atoms with Gasteiger partial charge in [0.1, 0.15) is 18.2 Å². The SMILES string of the molecule is Nc1nc(NCc2ccccc2OCCN2CCOCC2)cc(-n2cccn2)n1. The van der Waals surface area contributed by atoms with Crippen molar-refractivity contribution in [1.82, 2.24) is 24.6 Å². The zero-order valence-corrected chi connectivity index (χ0v) is 16.2. The summed E-state index contributed by atoms with van der Waals surface area (Å²) >= 11 is 0. The molecule has 9 nitrogen and oxygen atoms in total. The minimum atomic E-state index is 0.190. The number of ether oxygens (including phenoxy) is 2. The number of benzene rings is 1. The molecule has 29 heavy (non-hydrogen) atoms. The van der Waals surface area contributed by atoms with E-state index in [-0.39, 0.29) is 5.95 Å².